The van der Waals surface area contributed by atoms with E-state index in [4.69, 9.17) is 5.53 Å². The summed E-state index contributed by atoms with van der Waals surface area (Å²) in [6, 6.07) is 0. The number of ether oxygens (including phenoxy) is 1. The number of hydrogen-bond acceptors (Lipinski definition) is 4. The van der Waals surface area contributed by atoms with Gasteiger partial charge in [0.2, 0.25) is 0 Å². The van der Waals surface area contributed by atoms with Crippen molar-refractivity contribution in [3.05, 3.63) is 5.53 Å². The van der Waals surface area contributed by atoms with E-state index in [9.17, 15) is 13.2 Å². The SMILES string of the molecule is CCCCCCCCCCCCS(=O)(=O)C(=[N+]=[N-])C(=O)OCC. The lowest BCUT2D eigenvalue weighted by molar-refractivity contribution is -0.138. The maximum absolute atomic E-state index is 11.9. The molecule has 0 heterocycles. The van der Waals surface area contributed by atoms with E-state index in [0.717, 1.165) is 19.3 Å². The summed E-state index contributed by atoms with van der Waals surface area (Å²) < 4.78 is 28.4. The Kier molecular flexibility index (Phi) is 12.6. The first-order chi connectivity index (χ1) is 11.0. The molecule has 0 aliphatic carbocycles. The van der Waals surface area contributed by atoms with E-state index < -0.39 is 20.9 Å². The summed E-state index contributed by atoms with van der Waals surface area (Å²) in [6.45, 7) is 3.79. The van der Waals surface area contributed by atoms with Crippen LogP contribution in [0.15, 0.2) is 0 Å². The molecular weight excluding hydrogens is 316 g/mol. The van der Waals surface area contributed by atoms with Crippen LogP contribution in [0.3, 0.4) is 0 Å². The molecule has 0 radical (unpaired) electrons. The highest BCUT2D eigenvalue weighted by molar-refractivity contribution is 8.07. The van der Waals surface area contributed by atoms with Crippen LogP contribution in [-0.2, 0) is 19.4 Å². The van der Waals surface area contributed by atoms with Gasteiger partial charge in [0.15, 0.2) is 0 Å². The van der Waals surface area contributed by atoms with Gasteiger partial charge in [-0.15, -0.1) is 4.79 Å². The molecule has 0 fully saturated rings. The van der Waals surface area contributed by atoms with Crippen LogP contribution in [0.4, 0.5) is 0 Å². The fraction of sp³-hybridized carbons (Fsp3) is 0.875. The highest BCUT2D eigenvalue weighted by atomic mass is 32.2. The Bertz CT molecular complexity index is 482. The van der Waals surface area contributed by atoms with Crippen LogP contribution >= 0.6 is 0 Å². The van der Waals surface area contributed by atoms with Crippen LogP contribution in [0.5, 0.6) is 0 Å². The van der Waals surface area contributed by atoms with Crippen molar-refractivity contribution in [3.63, 3.8) is 0 Å². The third-order valence-corrected chi connectivity index (χ3v) is 5.27. The number of esters is 1. The molecule has 6 nitrogen and oxygen atoms in total. The van der Waals surface area contributed by atoms with E-state index in [1.165, 1.54) is 38.5 Å². The predicted octanol–water partition coefficient (Wildman–Crippen LogP) is 3.51. The topological polar surface area (TPSA) is 96.8 Å². The van der Waals surface area contributed by atoms with Crippen molar-refractivity contribution in [2.75, 3.05) is 12.4 Å². The second-order valence-electron chi connectivity index (χ2n) is 5.63. The molecule has 7 heteroatoms. The average Bonchev–Trinajstić information content (AvgIpc) is 2.49. The summed E-state index contributed by atoms with van der Waals surface area (Å²) in [5, 5.41) is -0.893. The molecule has 0 aromatic heterocycles. The van der Waals surface area contributed by atoms with Crippen LogP contribution in [0.2, 0.25) is 0 Å². The highest BCUT2D eigenvalue weighted by Gasteiger charge is 2.36. The second-order valence-corrected chi connectivity index (χ2v) is 7.65. The van der Waals surface area contributed by atoms with Gasteiger partial charge in [-0.3, -0.25) is 0 Å². The van der Waals surface area contributed by atoms with Gasteiger partial charge in [0.05, 0.1) is 12.4 Å². The van der Waals surface area contributed by atoms with E-state index in [1.807, 2.05) is 0 Å². The molecule has 0 bridgehead atoms. The quantitative estimate of drug-likeness (QED) is 0.135. The number of rotatable bonds is 12. The standard InChI is InChI=1S/C16H30N2O4S/c1-3-5-6-7-8-9-10-11-12-13-14-23(20,21)15(18-17)16(19)22-4-2/h3-14H2,1-2H3. The van der Waals surface area contributed by atoms with Gasteiger partial charge in [0, 0.05) is 0 Å². The van der Waals surface area contributed by atoms with Crippen molar-refractivity contribution in [3.8, 4) is 0 Å². The lowest BCUT2D eigenvalue weighted by Crippen LogP contribution is -2.29. The fourth-order valence-corrected chi connectivity index (χ4v) is 3.51. The Morgan fingerprint density at radius 2 is 1.39 bits per heavy atom. The smallest absolute Gasteiger partial charge is 0.457 e. The van der Waals surface area contributed by atoms with Gasteiger partial charge >= 0.3 is 11.0 Å². The Hall–Kier alpha value is -1.20. The van der Waals surface area contributed by atoms with Gasteiger partial charge < -0.3 is 10.3 Å². The first-order valence-electron chi connectivity index (χ1n) is 8.61. The predicted molar refractivity (Wildman–Crippen MR) is 90.9 cm³/mol. The van der Waals surface area contributed by atoms with Gasteiger partial charge in [-0.2, -0.15) is 0 Å². The van der Waals surface area contributed by atoms with Crippen LogP contribution in [0.25, 0.3) is 5.53 Å². The minimum Gasteiger partial charge on any atom is -0.457 e. The third-order valence-electron chi connectivity index (χ3n) is 3.60. The molecule has 23 heavy (non-hydrogen) atoms. The molecule has 0 atom stereocenters. The molecule has 0 saturated heterocycles. The molecule has 0 rings (SSSR count). The van der Waals surface area contributed by atoms with E-state index in [0.29, 0.717) is 6.42 Å². The number of unbranched alkanes of at least 4 members (excludes halogenated alkanes) is 9. The van der Waals surface area contributed by atoms with Crippen molar-refractivity contribution >= 4 is 20.9 Å². The molecule has 134 valence electrons. The number of hydrogen-bond donors (Lipinski definition) is 0. The molecule has 0 aliphatic heterocycles. The molecule has 0 spiro atoms. The first-order valence-corrected chi connectivity index (χ1v) is 10.3. The average molecular weight is 346 g/mol. The van der Waals surface area contributed by atoms with E-state index in [2.05, 4.69) is 16.5 Å². The van der Waals surface area contributed by atoms with Gasteiger partial charge in [-0.1, -0.05) is 64.7 Å². The van der Waals surface area contributed by atoms with Crippen molar-refractivity contribution in [2.24, 2.45) is 0 Å². The van der Waals surface area contributed by atoms with Gasteiger partial charge in [0.1, 0.15) is 0 Å². The lowest BCUT2D eigenvalue weighted by Gasteiger charge is -2.02. The zero-order valence-electron chi connectivity index (χ0n) is 14.4. The molecule has 0 aromatic carbocycles. The summed E-state index contributed by atoms with van der Waals surface area (Å²) in [5.41, 5.74) is 8.73. The largest absolute Gasteiger partial charge is 0.488 e. The lowest BCUT2D eigenvalue weighted by atomic mass is 10.1. The Balaban J connectivity index is 3.90. The minimum atomic E-state index is -3.88. The fourth-order valence-electron chi connectivity index (χ4n) is 2.30. The number of sulfone groups is 1. The molecule has 0 unspecified atom stereocenters. The zero-order valence-corrected chi connectivity index (χ0v) is 15.2. The van der Waals surface area contributed by atoms with Gasteiger partial charge in [0.25, 0.3) is 9.84 Å². The van der Waals surface area contributed by atoms with Crippen LogP contribution in [0.1, 0.15) is 78.1 Å². The van der Waals surface area contributed by atoms with E-state index >= 15 is 0 Å². The van der Waals surface area contributed by atoms with Crippen molar-refractivity contribution in [2.45, 2.75) is 78.1 Å². The van der Waals surface area contributed by atoms with E-state index in [-0.39, 0.29) is 12.4 Å². The van der Waals surface area contributed by atoms with Crippen LogP contribution < -0.4 is 0 Å². The van der Waals surface area contributed by atoms with E-state index in [1.54, 1.807) is 6.92 Å². The zero-order chi connectivity index (χ0) is 17.6. The molecule has 0 amide bonds. The minimum absolute atomic E-state index is 0.0334. The normalized spacial score (nSPS) is 11.0. The summed E-state index contributed by atoms with van der Waals surface area (Å²) in [6.07, 6.45) is 10.9. The van der Waals surface area contributed by atoms with Gasteiger partial charge in [-0.05, 0) is 13.3 Å². The third kappa shape index (κ3) is 10.2. The second kappa shape index (κ2) is 13.3. The summed E-state index contributed by atoms with van der Waals surface area (Å²) in [5.74, 6) is -1.29. The summed E-state index contributed by atoms with van der Waals surface area (Å²) in [4.78, 5) is 14.0. The van der Waals surface area contributed by atoms with Gasteiger partial charge in [-0.25, -0.2) is 13.2 Å². The van der Waals surface area contributed by atoms with Crippen molar-refractivity contribution in [1.29, 1.82) is 0 Å². The first kappa shape index (κ1) is 21.8. The highest BCUT2D eigenvalue weighted by Crippen LogP contribution is 2.11. The maximum Gasteiger partial charge on any atom is 0.488 e. The Morgan fingerprint density at radius 1 is 0.913 bits per heavy atom. The Morgan fingerprint density at radius 3 is 1.83 bits per heavy atom. The molecule has 0 aliphatic rings. The maximum atomic E-state index is 11.9. The summed E-state index contributed by atoms with van der Waals surface area (Å²) in [7, 11) is -3.88. The Labute approximate surface area is 140 Å². The monoisotopic (exact) mass is 346 g/mol. The van der Waals surface area contributed by atoms with Crippen molar-refractivity contribution < 1.29 is 22.7 Å². The molecular formula is C16H30N2O4S. The summed E-state index contributed by atoms with van der Waals surface area (Å²) >= 11 is 0. The number of carbonyl (C=O) groups is 1. The van der Waals surface area contributed by atoms with Crippen LogP contribution in [-0.4, -0.2) is 36.6 Å². The number of nitrogens with zero attached hydrogens (tertiary/aromatic N) is 2. The molecule has 0 saturated carbocycles. The van der Waals surface area contributed by atoms with Crippen molar-refractivity contribution in [1.82, 2.24) is 0 Å². The number of carbonyl (C=O) groups excluding carboxylic acids is 1. The molecule has 0 aromatic rings. The van der Waals surface area contributed by atoms with Crippen LogP contribution in [0, 0.1) is 0 Å². The molecule has 0 N–H and O–H groups in total.